The molecular formula is C14H13ClN2S4. The molecule has 0 unspecified atom stereocenters. The summed E-state index contributed by atoms with van der Waals surface area (Å²) in [6, 6.07) is 7.81. The van der Waals surface area contributed by atoms with Gasteiger partial charge in [0, 0.05) is 14.8 Å². The van der Waals surface area contributed by atoms with Gasteiger partial charge in [-0.2, -0.15) is 5.26 Å². The summed E-state index contributed by atoms with van der Waals surface area (Å²) >= 11 is 12.1. The summed E-state index contributed by atoms with van der Waals surface area (Å²) in [5.74, 6) is 0. The minimum absolute atomic E-state index is 0.191. The molecule has 1 aliphatic heterocycles. The molecule has 21 heavy (non-hydrogen) atoms. The van der Waals surface area contributed by atoms with Gasteiger partial charge in [0.15, 0.2) is 0 Å². The zero-order valence-corrected chi connectivity index (χ0v) is 15.5. The highest BCUT2D eigenvalue weighted by atomic mass is 35.5. The Morgan fingerprint density at radius 2 is 2.10 bits per heavy atom. The van der Waals surface area contributed by atoms with E-state index in [0.717, 1.165) is 19.4 Å². The van der Waals surface area contributed by atoms with E-state index in [0.29, 0.717) is 0 Å². The minimum atomic E-state index is -0.191. The first-order valence-electron chi connectivity index (χ1n) is 6.05. The van der Waals surface area contributed by atoms with E-state index in [1.165, 1.54) is 16.7 Å². The fraction of sp³-hybridized carbons (Fsp3) is 0.286. The van der Waals surface area contributed by atoms with Crippen LogP contribution in [0, 0.1) is 10.7 Å². The summed E-state index contributed by atoms with van der Waals surface area (Å²) in [6.07, 6.45) is 0. The van der Waals surface area contributed by atoms with Crippen molar-refractivity contribution in [3.05, 3.63) is 39.6 Å². The Kier molecular flexibility index (Phi) is 6.45. The molecule has 0 saturated carbocycles. The van der Waals surface area contributed by atoms with Gasteiger partial charge in [0.2, 0.25) is 0 Å². The van der Waals surface area contributed by atoms with Crippen molar-refractivity contribution in [2.75, 3.05) is 5.08 Å². The normalized spacial score (nSPS) is 18.6. The first-order chi connectivity index (χ1) is 10.0. The Bertz CT molecular complexity index is 602. The van der Waals surface area contributed by atoms with Gasteiger partial charge in [-0.05, 0) is 55.3 Å². The summed E-state index contributed by atoms with van der Waals surface area (Å²) < 4.78 is 1.03. The monoisotopic (exact) mass is 372 g/mol. The molecule has 1 heterocycles. The van der Waals surface area contributed by atoms with Gasteiger partial charge in [0.1, 0.15) is 9.78 Å². The zero-order valence-electron chi connectivity index (χ0n) is 11.5. The number of hydrogen-bond acceptors (Lipinski definition) is 6. The number of hydrogen-bond donors (Lipinski definition) is 0. The highest BCUT2D eigenvalue weighted by molar-refractivity contribution is 8.43. The van der Waals surface area contributed by atoms with E-state index in [4.69, 9.17) is 21.9 Å². The molecule has 1 aromatic rings. The van der Waals surface area contributed by atoms with E-state index >= 15 is 0 Å². The van der Waals surface area contributed by atoms with Crippen LogP contribution in [0.1, 0.15) is 13.8 Å². The van der Waals surface area contributed by atoms with Crippen molar-refractivity contribution in [1.82, 2.24) is 0 Å². The Morgan fingerprint density at radius 1 is 1.38 bits per heavy atom. The molecule has 0 atom stereocenters. The Hall–Kier alpha value is -0.190. The molecule has 0 radical (unpaired) electrons. The summed E-state index contributed by atoms with van der Waals surface area (Å²) in [6.45, 7) is 4.22. The van der Waals surface area contributed by atoms with Crippen LogP contribution in [0.5, 0.6) is 0 Å². The SMILES string of the molecule is CC1(C)N=C(SCSC#N)S/C1=C/Sc1ccc(Cl)cc1. The number of aliphatic imine (C=N–C) groups is 1. The van der Waals surface area contributed by atoms with Gasteiger partial charge in [-0.3, -0.25) is 4.99 Å². The number of halogens is 1. The van der Waals surface area contributed by atoms with Crippen LogP contribution < -0.4 is 0 Å². The lowest BCUT2D eigenvalue weighted by atomic mass is 10.1. The topological polar surface area (TPSA) is 36.1 Å². The fourth-order valence-corrected chi connectivity index (χ4v) is 5.62. The van der Waals surface area contributed by atoms with Crippen LogP contribution in [0.15, 0.2) is 44.5 Å². The number of rotatable bonds is 4. The molecule has 0 bridgehead atoms. The predicted octanol–water partition coefficient (Wildman–Crippen LogP) is 6.06. The van der Waals surface area contributed by atoms with E-state index in [1.54, 1.807) is 35.3 Å². The fourth-order valence-electron chi connectivity index (χ4n) is 1.50. The van der Waals surface area contributed by atoms with Crippen LogP contribution in [0.25, 0.3) is 0 Å². The first kappa shape index (κ1) is 17.2. The lowest BCUT2D eigenvalue weighted by Gasteiger charge is -2.14. The highest BCUT2D eigenvalue weighted by Gasteiger charge is 2.31. The van der Waals surface area contributed by atoms with Crippen LogP contribution in [-0.4, -0.2) is 15.0 Å². The van der Waals surface area contributed by atoms with Gasteiger partial charge in [0.25, 0.3) is 0 Å². The average molecular weight is 373 g/mol. The summed E-state index contributed by atoms with van der Waals surface area (Å²) in [5, 5.41) is 14.3. The maximum Gasteiger partial charge on any atom is 0.134 e. The van der Waals surface area contributed by atoms with Crippen molar-refractivity contribution in [1.29, 1.82) is 5.26 Å². The third-order valence-electron chi connectivity index (χ3n) is 2.59. The third-order valence-corrected chi connectivity index (χ3v) is 7.01. The van der Waals surface area contributed by atoms with Crippen molar-refractivity contribution in [3.63, 3.8) is 0 Å². The summed E-state index contributed by atoms with van der Waals surface area (Å²) in [5.41, 5.74) is -0.191. The maximum absolute atomic E-state index is 8.55. The predicted molar refractivity (Wildman–Crippen MR) is 100 cm³/mol. The van der Waals surface area contributed by atoms with Gasteiger partial charge >= 0.3 is 0 Å². The molecule has 110 valence electrons. The van der Waals surface area contributed by atoms with Gasteiger partial charge in [0.05, 0.1) is 10.6 Å². The maximum atomic E-state index is 8.55. The number of nitrogens with zero attached hydrogens (tertiary/aromatic N) is 2. The molecule has 0 spiro atoms. The number of benzene rings is 1. The van der Waals surface area contributed by atoms with Crippen molar-refractivity contribution in [3.8, 4) is 5.40 Å². The van der Waals surface area contributed by atoms with Crippen LogP contribution in [0.2, 0.25) is 5.02 Å². The Morgan fingerprint density at radius 3 is 2.76 bits per heavy atom. The molecule has 1 aliphatic rings. The number of thioether (sulfide) groups is 4. The number of nitriles is 1. The molecular weight excluding hydrogens is 360 g/mol. The second-order valence-corrected chi connectivity index (χ2v) is 9.35. The van der Waals surface area contributed by atoms with Crippen LogP contribution in [0.4, 0.5) is 0 Å². The van der Waals surface area contributed by atoms with Crippen LogP contribution >= 0.6 is 58.6 Å². The third kappa shape index (κ3) is 5.19. The van der Waals surface area contributed by atoms with E-state index in [1.807, 2.05) is 24.3 Å². The lowest BCUT2D eigenvalue weighted by molar-refractivity contribution is 0.658. The second-order valence-electron chi connectivity index (χ2n) is 4.59. The molecule has 2 nitrogen and oxygen atoms in total. The van der Waals surface area contributed by atoms with Gasteiger partial charge in [-0.1, -0.05) is 46.9 Å². The van der Waals surface area contributed by atoms with E-state index in [9.17, 15) is 0 Å². The van der Waals surface area contributed by atoms with Crippen LogP contribution in [-0.2, 0) is 0 Å². The van der Waals surface area contributed by atoms with Crippen LogP contribution in [0.3, 0.4) is 0 Å². The average Bonchev–Trinajstić information content (AvgIpc) is 2.73. The second kappa shape index (κ2) is 7.89. The Labute approximate surface area is 147 Å². The molecule has 0 amide bonds. The van der Waals surface area contributed by atoms with E-state index < -0.39 is 0 Å². The summed E-state index contributed by atoms with van der Waals surface area (Å²) in [4.78, 5) is 7.10. The van der Waals surface area contributed by atoms with Gasteiger partial charge < -0.3 is 0 Å². The van der Waals surface area contributed by atoms with Crippen molar-refractivity contribution < 1.29 is 0 Å². The molecule has 0 aromatic heterocycles. The molecule has 2 rings (SSSR count). The molecule has 0 saturated heterocycles. The molecule has 0 N–H and O–H groups in total. The van der Waals surface area contributed by atoms with Gasteiger partial charge in [-0.25, -0.2) is 0 Å². The lowest BCUT2D eigenvalue weighted by Crippen LogP contribution is -2.13. The summed E-state index contributed by atoms with van der Waals surface area (Å²) in [7, 11) is 0. The molecule has 1 aromatic carbocycles. The molecule has 7 heteroatoms. The largest absolute Gasteiger partial charge is 0.260 e. The Balaban J connectivity index is 1.99. The number of thiocyanates is 1. The van der Waals surface area contributed by atoms with Gasteiger partial charge in [-0.15, -0.1) is 0 Å². The molecule has 0 fully saturated rings. The van der Waals surface area contributed by atoms with Crippen molar-refractivity contribution in [2.24, 2.45) is 4.99 Å². The first-order valence-corrected chi connectivity index (χ1v) is 10.1. The molecule has 0 aliphatic carbocycles. The van der Waals surface area contributed by atoms with E-state index in [2.05, 4.69) is 24.7 Å². The highest BCUT2D eigenvalue weighted by Crippen LogP contribution is 2.44. The standard InChI is InChI=1S/C14H13ClN2S4/c1-14(2)12(21-13(17-14)20-9-18-8-16)7-19-11-5-3-10(15)4-6-11/h3-7H,9H2,1-2H3/b12-7+. The van der Waals surface area contributed by atoms with Crippen molar-refractivity contribution >= 4 is 63.0 Å². The minimum Gasteiger partial charge on any atom is -0.260 e. The van der Waals surface area contributed by atoms with E-state index in [-0.39, 0.29) is 5.54 Å². The quantitative estimate of drug-likeness (QED) is 0.278. The van der Waals surface area contributed by atoms with Crippen molar-refractivity contribution in [2.45, 2.75) is 24.3 Å². The smallest absolute Gasteiger partial charge is 0.134 e. The zero-order chi connectivity index (χ0) is 15.3.